The Morgan fingerprint density at radius 3 is 2.47 bits per heavy atom. The highest BCUT2D eigenvalue weighted by molar-refractivity contribution is 6.36. The van der Waals surface area contributed by atoms with Crippen molar-refractivity contribution < 1.29 is 0 Å². The summed E-state index contributed by atoms with van der Waals surface area (Å²) in [6.07, 6.45) is 0. The molecule has 0 N–H and O–H groups in total. The van der Waals surface area contributed by atoms with Crippen LogP contribution in [0.2, 0.25) is 0 Å². The Balaban J connectivity index is 2.63. The third-order valence-corrected chi connectivity index (χ3v) is 3.79. The second kappa shape index (κ2) is 5.07. The first kappa shape index (κ1) is 12.4. The standard InChI is InChI=1S/C15H14ClSi/c1-10-6-7-12(8-11(10)2)15-13(9-16)4-3-5-14(15)17/h3-8H,9H2,1-2H3. The summed E-state index contributed by atoms with van der Waals surface area (Å²) < 4.78 is 0. The van der Waals surface area contributed by atoms with Crippen LogP contribution in [0.1, 0.15) is 16.7 Å². The first-order chi connectivity index (χ1) is 8.13. The molecular weight excluding hydrogens is 244 g/mol. The first-order valence-electron chi connectivity index (χ1n) is 5.60. The average Bonchev–Trinajstić information content (AvgIpc) is 2.32. The Morgan fingerprint density at radius 2 is 1.82 bits per heavy atom. The Morgan fingerprint density at radius 1 is 1.06 bits per heavy atom. The summed E-state index contributed by atoms with van der Waals surface area (Å²) >= 11 is 6.00. The highest BCUT2D eigenvalue weighted by atomic mass is 35.5. The van der Waals surface area contributed by atoms with Crippen molar-refractivity contribution in [1.29, 1.82) is 0 Å². The van der Waals surface area contributed by atoms with Gasteiger partial charge in [0.2, 0.25) is 0 Å². The third-order valence-electron chi connectivity index (χ3n) is 3.09. The summed E-state index contributed by atoms with van der Waals surface area (Å²) in [5.41, 5.74) is 6.18. The van der Waals surface area contributed by atoms with Crippen molar-refractivity contribution in [3.63, 3.8) is 0 Å². The molecule has 0 aliphatic carbocycles. The Bertz CT molecular complexity index is 547. The van der Waals surface area contributed by atoms with Crippen molar-refractivity contribution in [3.8, 4) is 11.1 Å². The normalized spacial score (nSPS) is 10.6. The number of alkyl halides is 1. The molecule has 2 aromatic carbocycles. The van der Waals surface area contributed by atoms with E-state index in [0.29, 0.717) is 5.88 Å². The fourth-order valence-electron chi connectivity index (χ4n) is 1.95. The van der Waals surface area contributed by atoms with Gasteiger partial charge in [0.25, 0.3) is 0 Å². The predicted octanol–water partition coefficient (Wildman–Crippen LogP) is 3.50. The van der Waals surface area contributed by atoms with Crippen LogP contribution in [0, 0.1) is 13.8 Å². The van der Waals surface area contributed by atoms with E-state index in [2.05, 4.69) is 54.4 Å². The minimum absolute atomic E-state index is 0.528. The molecule has 0 unspecified atom stereocenters. The Kier molecular flexibility index (Phi) is 3.70. The van der Waals surface area contributed by atoms with Crippen LogP contribution >= 0.6 is 11.6 Å². The molecule has 3 radical (unpaired) electrons. The number of hydrogen-bond acceptors (Lipinski definition) is 0. The molecule has 85 valence electrons. The van der Waals surface area contributed by atoms with Crippen molar-refractivity contribution in [1.82, 2.24) is 0 Å². The molecule has 2 aromatic rings. The summed E-state index contributed by atoms with van der Waals surface area (Å²) in [7, 11) is 3.66. The lowest BCUT2D eigenvalue weighted by molar-refractivity contribution is 1.33. The molecule has 0 atom stereocenters. The molecule has 0 aliphatic rings. The number of benzene rings is 2. The second-order valence-electron chi connectivity index (χ2n) is 4.27. The van der Waals surface area contributed by atoms with E-state index in [1.807, 2.05) is 6.07 Å². The number of rotatable bonds is 2. The van der Waals surface area contributed by atoms with Crippen LogP contribution < -0.4 is 5.19 Å². The summed E-state index contributed by atoms with van der Waals surface area (Å²) in [4.78, 5) is 0. The van der Waals surface area contributed by atoms with Gasteiger partial charge in [-0.15, -0.1) is 11.6 Å². The average molecular weight is 258 g/mol. The van der Waals surface area contributed by atoms with Gasteiger partial charge in [-0.05, 0) is 41.7 Å². The molecule has 0 fully saturated rings. The van der Waals surface area contributed by atoms with Crippen LogP contribution in [0.4, 0.5) is 0 Å². The molecule has 0 aliphatic heterocycles. The van der Waals surface area contributed by atoms with E-state index in [1.54, 1.807) is 0 Å². The van der Waals surface area contributed by atoms with Crippen LogP contribution in [0.15, 0.2) is 36.4 Å². The SMILES string of the molecule is Cc1ccc(-c2c([Si])cccc2CCl)cc1C. The van der Waals surface area contributed by atoms with Crippen molar-refractivity contribution in [2.45, 2.75) is 19.7 Å². The highest BCUT2D eigenvalue weighted by Gasteiger charge is 2.08. The van der Waals surface area contributed by atoms with E-state index in [1.165, 1.54) is 22.3 Å². The van der Waals surface area contributed by atoms with E-state index in [4.69, 9.17) is 11.6 Å². The van der Waals surface area contributed by atoms with E-state index in [0.717, 1.165) is 10.8 Å². The van der Waals surface area contributed by atoms with Crippen molar-refractivity contribution in [3.05, 3.63) is 53.1 Å². The summed E-state index contributed by atoms with van der Waals surface area (Å²) in [6.45, 7) is 4.26. The molecule has 0 saturated carbocycles. The fraction of sp³-hybridized carbons (Fsp3) is 0.200. The molecule has 0 aromatic heterocycles. The third kappa shape index (κ3) is 2.45. The van der Waals surface area contributed by atoms with Gasteiger partial charge in [-0.3, -0.25) is 0 Å². The van der Waals surface area contributed by atoms with Gasteiger partial charge in [0.15, 0.2) is 0 Å². The zero-order valence-electron chi connectivity index (χ0n) is 10.0. The van der Waals surface area contributed by atoms with Gasteiger partial charge in [0.1, 0.15) is 0 Å². The molecule has 17 heavy (non-hydrogen) atoms. The Hall–Kier alpha value is -1.05. The molecular formula is C15H14ClSi. The van der Waals surface area contributed by atoms with E-state index in [-0.39, 0.29) is 0 Å². The maximum Gasteiger partial charge on any atom is 0.0720 e. The molecule has 0 amide bonds. The van der Waals surface area contributed by atoms with E-state index >= 15 is 0 Å². The molecule has 0 spiro atoms. The number of aryl methyl sites for hydroxylation is 2. The maximum atomic E-state index is 6.00. The van der Waals surface area contributed by atoms with Gasteiger partial charge in [0.05, 0.1) is 10.2 Å². The molecule has 0 heterocycles. The van der Waals surface area contributed by atoms with Crippen LogP contribution in [0.25, 0.3) is 11.1 Å². The molecule has 0 nitrogen and oxygen atoms in total. The minimum atomic E-state index is 0.528. The van der Waals surface area contributed by atoms with Gasteiger partial charge < -0.3 is 0 Å². The first-order valence-corrected chi connectivity index (χ1v) is 6.64. The summed E-state index contributed by atoms with van der Waals surface area (Å²) in [5, 5.41) is 1.09. The summed E-state index contributed by atoms with van der Waals surface area (Å²) in [6, 6.07) is 12.7. The monoisotopic (exact) mass is 257 g/mol. The number of hydrogen-bond donors (Lipinski definition) is 0. The lowest BCUT2D eigenvalue weighted by atomic mass is 9.97. The lowest BCUT2D eigenvalue weighted by Gasteiger charge is -2.12. The molecule has 0 bridgehead atoms. The molecule has 0 saturated heterocycles. The van der Waals surface area contributed by atoms with Gasteiger partial charge in [-0.1, -0.05) is 41.6 Å². The lowest BCUT2D eigenvalue weighted by Crippen LogP contribution is -2.09. The van der Waals surface area contributed by atoms with E-state index < -0.39 is 0 Å². The smallest absolute Gasteiger partial charge is 0.0720 e. The van der Waals surface area contributed by atoms with Crippen molar-refractivity contribution in [2.75, 3.05) is 0 Å². The molecule has 2 heteroatoms. The van der Waals surface area contributed by atoms with Crippen molar-refractivity contribution in [2.24, 2.45) is 0 Å². The van der Waals surface area contributed by atoms with Crippen LogP contribution in [-0.4, -0.2) is 10.2 Å². The second-order valence-corrected chi connectivity index (χ2v) is 5.08. The number of halogens is 1. The highest BCUT2D eigenvalue weighted by Crippen LogP contribution is 2.25. The Labute approximate surface area is 111 Å². The fourth-order valence-corrected chi connectivity index (χ4v) is 2.57. The predicted molar refractivity (Wildman–Crippen MR) is 76.3 cm³/mol. The maximum absolute atomic E-state index is 6.00. The van der Waals surface area contributed by atoms with Gasteiger partial charge in [-0.2, -0.15) is 0 Å². The minimum Gasteiger partial charge on any atom is -0.122 e. The van der Waals surface area contributed by atoms with Gasteiger partial charge >= 0.3 is 0 Å². The van der Waals surface area contributed by atoms with Gasteiger partial charge in [-0.25, -0.2) is 0 Å². The van der Waals surface area contributed by atoms with E-state index in [9.17, 15) is 0 Å². The largest absolute Gasteiger partial charge is 0.122 e. The van der Waals surface area contributed by atoms with Crippen LogP contribution in [0.5, 0.6) is 0 Å². The van der Waals surface area contributed by atoms with Crippen LogP contribution in [0.3, 0.4) is 0 Å². The van der Waals surface area contributed by atoms with Crippen molar-refractivity contribution >= 4 is 27.0 Å². The zero-order valence-corrected chi connectivity index (χ0v) is 11.8. The van der Waals surface area contributed by atoms with Crippen LogP contribution in [-0.2, 0) is 5.88 Å². The quantitative estimate of drug-likeness (QED) is 0.571. The zero-order chi connectivity index (χ0) is 12.4. The molecule has 2 rings (SSSR count). The van der Waals surface area contributed by atoms with Gasteiger partial charge in [0, 0.05) is 5.88 Å². The topological polar surface area (TPSA) is 0 Å². The summed E-state index contributed by atoms with van der Waals surface area (Å²) in [5.74, 6) is 0.528.